The van der Waals surface area contributed by atoms with Gasteiger partial charge in [0.1, 0.15) is 5.25 Å². The molecule has 0 radical (unpaired) electrons. The Kier molecular flexibility index (Phi) is 6.28. The molecule has 4 rings (SSSR count). The monoisotopic (exact) mass is 388 g/mol. The first-order valence-electron chi connectivity index (χ1n) is 9.03. The zero-order valence-electron chi connectivity index (χ0n) is 14.7. The van der Waals surface area contributed by atoms with Crippen LogP contribution in [0.5, 0.6) is 0 Å². The van der Waals surface area contributed by atoms with E-state index < -0.39 is 0 Å². The lowest BCUT2D eigenvalue weighted by Gasteiger charge is -2.25. The number of hydrogen-bond acceptors (Lipinski definition) is 3. The molecule has 5 heteroatoms. The minimum Gasteiger partial charge on any atom is -0.341 e. The fourth-order valence-corrected chi connectivity index (χ4v) is 5.31. The Hall–Kier alpha value is -1.49. The first-order valence-corrected chi connectivity index (χ1v) is 9.91. The van der Waals surface area contributed by atoms with Gasteiger partial charge in [-0.3, -0.25) is 4.79 Å². The Balaban J connectivity index is 0.00000196. The maximum Gasteiger partial charge on any atom is 0.240 e. The topological polar surface area (TPSA) is 46.3 Å². The maximum absolute atomic E-state index is 13.4. The van der Waals surface area contributed by atoms with Gasteiger partial charge in [0.2, 0.25) is 5.91 Å². The molecule has 1 saturated carbocycles. The molecule has 3 nitrogen and oxygen atoms in total. The van der Waals surface area contributed by atoms with Crippen LogP contribution in [0.2, 0.25) is 0 Å². The third-order valence-corrected chi connectivity index (χ3v) is 6.80. The Morgan fingerprint density at radius 3 is 2.31 bits per heavy atom. The van der Waals surface area contributed by atoms with Crippen LogP contribution in [0.1, 0.15) is 23.7 Å². The summed E-state index contributed by atoms with van der Waals surface area (Å²) in [6, 6.07) is 20.6. The molecule has 2 aromatic rings. The van der Waals surface area contributed by atoms with Crippen LogP contribution in [0.15, 0.2) is 65.6 Å². The molecule has 1 heterocycles. The van der Waals surface area contributed by atoms with Crippen molar-refractivity contribution in [3.63, 3.8) is 0 Å². The number of hydrogen-bond donors (Lipinski definition) is 1. The van der Waals surface area contributed by atoms with Gasteiger partial charge >= 0.3 is 0 Å². The van der Waals surface area contributed by atoms with Crippen molar-refractivity contribution in [2.24, 2.45) is 17.6 Å². The number of amides is 1. The summed E-state index contributed by atoms with van der Waals surface area (Å²) < 4.78 is 0. The molecule has 1 amide bonds. The largest absolute Gasteiger partial charge is 0.341 e. The lowest BCUT2D eigenvalue weighted by Crippen LogP contribution is -2.35. The van der Waals surface area contributed by atoms with Crippen molar-refractivity contribution in [1.29, 1.82) is 0 Å². The molecule has 2 aromatic carbocycles. The van der Waals surface area contributed by atoms with Crippen molar-refractivity contribution >= 4 is 30.1 Å². The van der Waals surface area contributed by atoms with E-state index in [0.717, 1.165) is 36.4 Å². The van der Waals surface area contributed by atoms with Crippen LogP contribution in [-0.4, -0.2) is 29.9 Å². The summed E-state index contributed by atoms with van der Waals surface area (Å²) in [4.78, 5) is 16.5. The molecule has 4 unspecified atom stereocenters. The van der Waals surface area contributed by atoms with Gasteiger partial charge in [0.15, 0.2) is 0 Å². The van der Waals surface area contributed by atoms with E-state index in [0.29, 0.717) is 11.8 Å². The molecule has 1 aliphatic carbocycles. The van der Waals surface area contributed by atoms with E-state index in [2.05, 4.69) is 29.2 Å². The van der Waals surface area contributed by atoms with Gasteiger partial charge in [-0.05, 0) is 42.4 Å². The third-order valence-electron chi connectivity index (χ3n) is 5.55. The van der Waals surface area contributed by atoms with Crippen LogP contribution in [0.25, 0.3) is 0 Å². The molecular weight excluding hydrogens is 364 g/mol. The lowest BCUT2D eigenvalue weighted by molar-refractivity contribution is -0.130. The molecule has 26 heavy (non-hydrogen) atoms. The molecule has 2 fully saturated rings. The molecule has 4 atom stereocenters. The summed E-state index contributed by atoms with van der Waals surface area (Å²) in [6.07, 6.45) is 2.27. The number of nitrogens with two attached hydrogens (primary N) is 1. The molecule has 0 bridgehead atoms. The Morgan fingerprint density at radius 1 is 1.00 bits per heavy atom. The standard InChI is InChI=1S/C21H24N2OS.ClH/c22-19-12-11-16-13-23(14-18(16)19)21(24)20(15-7-3-1-4-8-15)25-17-9-5-2-6-10-17;/h1-10,16,18-20H,11-14,22H2;1H. The summed E-state index contributed by atoms with van der Waals surface area (Å²) in [5, 5.41) is -0.196. The summed E-state index contributed by atoms with van der Waals surface area (Å²) >= 11 is 1.64. The number of halogens is 1. The number of thioether (sulfide) groups is 1. The van der Waals surface area contributed by atoms with Crippen LogP contribution < -0.4 is 5.73 Å². The minimum absolute atomic E-state index is 0. The molecule has 0 spiro atoms. The van der Waals surface area contributed by atoms with E-state index in [-0.39, 0.29) is 29.6 Å². The van der Waals surface area contributed by atoms with Crippen molar-refractivity contribution in [3.05, 3.63) is 66.2 Å². The van der Waals surface area contributed by atoms with Crippen molar-refractivity contribution in [3.8, 4) is 0 Å². The summed E-state index contributed by atoms with van der Waals surface area (Å²) in [5.41, 5.74) is 7.32. The SMILES string of the molecule is Cl.NC1CCC2CN(C(=O)C(Sc3ccccc3)c3ccccc3)CC12. The zero-order chi connectivity index (χ0) is 17.2. The first-order chi connectivity index (χ1) is 12.2. The van der Waals surface area contributed by atoms with Crippen molar-refractivity contribution < 1.29 is 4.79 Å². The lowest BCUT2D eigenvalue weighted by atomic mass is 9.98. The number of rotatable bonds is 4. The van der Waals surface area contributed by atoms with E-state index >= 15 is 0 Å². The normalized spacial score (nSPS) is 25.4. The van der Waals surface area contributed by atoms with E-state index in [9.17, 15) is 4.79 Å². The number of fused-ring (bicyclic) bond motifs is 1. The van der Waals surface area contributed by atoms with Crippen molar-refractivity contribution in [2.75, 3.05) is 13.1 Å². The zero-order valence-corrected chi connectivity index (χ0v) is 16.3. The molecule has 0 aromatic heterocycles. The second kappa shape index (κ2) is 8.47. The number of carbonyl (C=O) groups excluding carboxylic acids is 1. The van der Waals surface area contributed by atoms with E-state index in [1.165, 1.54) is 0 Å². The number of benzene rings is 2. The smallest absolute Gasteiger partial charge is 0.240 e. The average Bonchev–Trinajstić information content (AvgIpc) is 3.23. The van der Waals surface area contributed by atoms with Gasteiger partial charge in [0.25, 0.3) is 0 Å². The first kappa shape index (κ1) is 19.3. The van der Waals surface area contributed by atoms with Crippen LogP contribution in [0.4, 0.5) is 0 Å². The quantitative estimate of drug-likeness (QED) is 0.801. The molecule has 1 aliphatic heterocycles. The minimum atomic E-state index is -0.196. The van der Waals surface area contributed by atoms with Crippen molar-refractivity contribution in [1.82, 2.24) is 4.90 Å². The number of nitrogens with zero attached hydrogens (tertiary/aromatic N) is 1. The fourth-order valence-electron chi connectivity index (χ4n) is 4.18. The second-order valence-electron chi connectivity index (χ2n) is 7.13. The van der Waals surface area contributed by atoms with Gasteiger partial charge in [0, 0.05) is 24.0 Å². The molecule has 1 saturated heterocycles. The van der Waals surface area contributed by atoms with Gasteiger partial charge in [0.05, 0.1) is 0 Å². The van der Waals surface area contributed by atoms with Crippen LogP contribution in [-0.2, 0) is 4.79 Å². The Morgan fingerprint density at radius 2 is 1.65 bits per heavy atom. The van der Waals surface area contributed by atoms with Gasteiger partial charge in [-0.25, -0.2) is 0 Å². The summed E-state index contributed by atoms with van der Waals surface area (Å²) in [6.45, 7) is 1.69. The molecule has 2 aliphatic rings. The molecule has 138 valence electrons. The number of carbonyl (C=O) groups is 1. The third kappa shape index (κ3) is 3.93. The van der Waals surface area contributed by atoms with Crippen LogP contribution in [0, 0.1) is 11.8 Å². The summed E-state index contributed by atoms with van der Waals surface area (Å²) in [7, 11) is 0. The predicted octanol–water partition coefficient (Wildman–Crippen LogP) is 4.14. The van der Waals surface area contributed by atoms with Gasteiger partial charge in [-0.2, -0.15) is 0 Å². The highest BCUT2D eigenvalue weighted by atomic mass is 35.5. The van der Waals surface area contributed by atoms with Crippen LogP contribution >= 0.6 is 24.2 Å². The van der Waals surface area contributed by atoms with Gasteiger partial charge in [-0.1, -0.05) is 48.5 Å². The Labute approximate surface area is 165 Å². The van der Waals surface area contributed by atoms with E-state index in [4.69, 9.17) is 5.73 Å². The van der Waals surface area contributed by atoms with Crippen LogP contribution in [0.3, 0.4) is 0 Å². The van der Waals surface area contributed by atoms with Crippen molar-refractivity contribution in [2.45, 2.75) is 29.0 Å². The highest BCUT2D eigenvalue weighted by Crippen LogP contribution is 2.41. The number of likely N-dealkylation sites (tertiary alicyclic amines) is 1. The predicted molar refractivity (Wildman–Crippen MR) is 109 cm³/mol. The fraction of sp³-hybridized carbons (Fsp3) is 0.381. The molecule has 2 N–H and O–H groups in total. The maximum atomic E-state index is 13.4. The van der Waals surface area contributed by atoms with E-state index in [1.54, 1.807) is 11.8 Å². The highest BCUT2D eigenvalue weighted by Gasteiger charge is 2.43. The molecular formula is C21H25ClN2OS. The second-order valence-corrected chi connectivity index (χ2v) is 8.31. The van der Waals surface area contributed by atoms with Gasteiger partial charge in [-0.15, -0.1) is 24.2 Å². The average molecular weight is 389 g/mol. The van der Waals surface area contributed by atoms with E-state index in [1.807, 2.05) is 36.4 Å². The van der Waals surface area contributed by atoms with Gasteiger partial charge < -0.3 is 10.6 Å². The summed E-state index contributed by atoms with van der Waals surface area (Å²) in [5.74, 6) is 1.31. The highest BCUT2D eigenvalue weighted by molar-refractivity contribution is 8.00. The Bertz CT molecular complexity index is 727.